The molecule has 20 heavy (non-hydrogen) atoms. The molecule has 0 heterocycles. The zero-order valence-corrected chi connectivity index (χ0v) is 11.5. The summed E-state index contributed by atoms with van der Waals surface area (Å²) in [6.45, 7) is 0. The van der Waals surface area contributed by atoms with Gasteiger partial charge in [-0.2, -0.15) is 13.2 Å². The molecule has 1 saturated carbocycles. The summed E-state index contributed by atoms with van der Waals surface area (Å²) < 4.78 is 38.0. The molecule has 0 amide bonds. The van der Waals surface area contributed by atoms with E-state index < -0.39 is 17.8 Å². The molecule has 1 aliphatic carbocycles. The van der Waals surface area contributed by atoms with Crippen molar-refractivity contribution in [2.45, 2.75) is 57.2 Å². The lowest BCUT2D eigenvalue weighted by Gasteiger charge is -2.21. The van der Waals surface area contributed by atoms with E-state index in [4.69, 9.17) is 0 Å². The van der Waals surface area contributed by atoms with E-state index in [0.29, 0.717) is 12.0 Å². The van der Waals surface area contributed by atoms with Gasteiger partial charge >= 0.3 is 6.18 Å². The molecule has 1 N–H and O–H groups in total. The molecule has 0 spiro atoms. The van der Waals surface area contributed by atoms with Gasteiger partial charge in [0.05, 0.1) is 11.7 Å². The fraction of sp³-hybridized carbons (Fsp3) is 0.625. The zero-order chi connectivity index (χ0) is 14.6. The number of halogens is 3. The molecule has 1 aromatic rings. The monoisotopic (exact) mass is 286 g/mol. The van der Waals surface area contributed by atoms with E-state index in [1.807, 2.05) is 0 Å². The first-order chi connectivity index (χ1) is 9.47. The Morgan fingerprint density at radius 1 is 1.10 bits per heavy atom. The van der Waals surface area contributed by atoms with Crippen LogP contribution in [0.1, 0.15) is 49.7 Å². The van der Waals surface area contributed by atoms with Crippen LogP contribution in [0.25, 0.3) is 0 Å². The summed E-state index contributed by atoms with van der Waals surface area (Å²) in [6.07, 6.45) is 2.07. The van der Waals surface area contributed by atoms with E-state index in [9.17, 15) is 18.3 Å². The predicted molar refractivity (Wildman–Crippen MR) is 72.3 cm³/mol. The van der Waals surface area contributed by atoms with E-state index >= 15 is 0 Å². The molecule has 1 unspecified atom stereocenters. The van der Waals surface area contributed by atoms with Gasteiger partial charge < -0.3 is 5.11 Å². The summed E-state index contributed by atoms with van der Waals surface area (Å²) in [4.78, 5) is 0. The van der Waals surface area contributed by atoms with E-state index in [0.717, 1.165) is 37.8 Å². The maximum Gasteiger partial charge on any atom is 0.416 e. The van der Waals surface area contributed by atoms with Crippen molar-refractivity contribution in [2.75, 3.05) is 0 Å². The van der Waals surface area contributed by atoms with Crippen LogP contribution in [0.2, 0.25) is 0 Å². The normalized spacial score (nSPS) is 19.6. The Labute approximate surface area is 117 Å². The van der Waals surface area contributed by atoms with Gasteiger partial charge in [-0.05, 0) is 36.8 Å². The Kier molecular flexibility index (Phi) is 5.08. The van der Waals surface area contributed by atoms with Crippen molar-refractivity contribution in [2.24, 2.45) is 5.92 Å². The lowest BCUT2D eigenvalue weighted by atomic mass is 9.89. The van der Waals surface area contributed by atoms with Gasteiger partial charge in [-0.15, -0.1) is 0 Å². The molecule has 1 aliphatic rings. The average molecular weight is 286 g/mol. The van der Waals surface area contributed by atoms with Crippen LogP contribution in [0.3, 0.4) is 0 Å². The molecule has 2 rings (SSSR count). The molecular weight excluding hydrogens is 265 g/mol. The van der Waals surface area contributed by atoms with Gasteiger partial charge in [0, 0.05) is 0 Å². The lowest BCUT2D eigenvalue weighted by Crippen LogP contribution is -2.22. The number of alkyl halides is 3. The molecule has 4 heteroatoms. The highest BCUT2D eigenvalue weighted by Crippen LogP contribution is 2.31. The van der Waals surface area contributed by atoms with Crippen LogP contribution in [0.15, 0.2) is 24.3 Å². The zero-order valence-electron chi connectivity index (χ0n) is 11.5. The van der Waals surface area contributed by atoms with E-state index in [2.05, 4.69) is 0 Å². The average Bonchev–Trinajstić information content (AvgIpc) is 2.67. The van der Waals surface area contributed by atoms with Gasteiger partial charge in [0.15, 0.2) is 0 Å². The first kappa shape index (κ1) is 15.4. The second-order valence-corrected chi connectivity index (χ2v) is 5.72. The number of rotatable bonds is 3. The van der Waals surface area contributed by atoms with Crippen LogP contribution in [0.4, 0.5) is 13.2 Å². The van der Waals surface area contributed by atoms with E-state index in [1.165, 1.54) is 18.9 Å². The molecule has 0 aromatic heterocycles. The predicted octanol–water partition coefficient (Wildman–Crippen LogP) is 4.58. The minimum atomic E-state index is -4.32. The van der Waals surface area contributed by atoms with Crippen LogP contribution < -0.4 is 0 Å². The summed E-state index contributed by atoms with van der Waals surface area (Å²) in [6, 6.07) is 5.30. The van der Waals surface area contributed by atoms with Gasteiger partial charge in [-0.1, -0.05) is 43.9 Å². The number of aliphatic hydroxyl groups excluding tert-OH is 1. The van der Waals surface area contributed by atoms with Crippen LogP contribution in [0.5, 0.6) is 0 Å². The summed E-state index contributed by atoms with van der Waals surface area (Å²) in [7, 11) is 0. The van der Waals surface area contributed by atoms with Crippen LogP contribution in [-0.2, 0) is 12.6 Å². The van der Waals surface area contributed by atoms with Crippen molar-refractivity contribution in [1.29, 1.82) is 0 Å². The molecular formula is C16H21F3O. The molecule has 0 aliphatic heterocycles. The van der Waals surface area contributed by atoms with E-state index in [-0.39, 0.29) is 5.92 Å². The first-order valence-electron chi connectivity index (χ1n) is 7.31. The third-order valence-electron chi connectivity index (χ3n) is 4.14. The molecule has 0 bridgehead atoms. The Morgan fingerprint density at radius 2 is 1.75 bits per heavy atom. The minimum absolute atomic E-state index is 0.229. The molecule has 0 saturated heterocycles. The minimum Gasteiger partial charge on any atom is -0.392 e. The van der Waals surface area contributed by atoms with Crippen molar-refractivity contribution in [3.8, 4) is 0 Å². The van der Waals surface area contributed by atoms with Gasteiger partial charge in [0.25, 0.3) is 0 Å². The first-order valence-corrected chi connectivity index (χ1v) is 7.31. The number of hydrogen-bond donors (Lipinski definition) is 1. The largest absolute Gasteiger partial charge is 0.416 e. The second kappa shape index (κ2) is 6.61. The van der Waals surface area contributed by atoms with Gasteiger partial charge in [-0.25, -0.2) is 0 Å². The Bertz CT molecular complexity index is 420. The van der Waals surface area contributed by atoms with Crippen LogP contribution in [0, 0.1) is 5.92 Å². The third kappa shape index (κ3) is 4.23. The Hall–Kier alpha value is -1.03. The fourth-order valence-corrected chi connectivity index (χ4v) is 2.98. The molecule has 0 radical (unpaired) electrons. The van der Waals surface area contributed by atoms with Crippen molar-refractivity contribution in [3.05, 3.63) is 35.4 Å². The van der Waals surface area contributed by atoms with Crippen LogP contribution in [-0.4, -0.2) is 11.2 Å². The Balaban J connectivity index is 2.01. The molecule has 1 fully saturated rings. The third-order valence-corrected chi connectivity index (χ3v) is 4.14. The number of benzene rings is 1. The molecule has 1 atom stereocenters. The summed E-state index contributed by atoms with van der Waals surface area (Å²) in [5, 5.41) is 10.3. The maximum atomic E-state index is 12.7. The molecule has 1 nitrogen and oxygen atoms in total. The fourth-order valence-electron chi connectivity index (χ4n) is 2.98. The van der Waals surface area contributed by atoms with Gasteiger partial charge in [0.1, 0.15) is 0 Å². The summed E-state index contributed by atoms with van der Waals surface area (Å²) in [5.74, 6) is 0.229. The van der Waals surface area contributed by atoms with Crippen molar-refractivity contribution in [1.82, 2.24) is 0 Å². The number of hydrogen-bond acceptors (Lipinski definition) is 1. The topological polar surface area (TPSA) is 20.2 Å². The highest BCUT2D eigenvalue weighted by atomic mass is 19.4. The molecule has 1 aromatic carbocycles. The van der Waals surface area contributed by atoms with Crippen LogP contribution >= 0.6 is 0 Å². The van der Waals surface area contributed by atoms with Gasteiger partial charge in [0.2, 0.25) is 0 Å². The lowest BCUT2D eigenvalue weighted by molar-refractivity contribution is -0.137. The quantitative estimate of drug-likeness (QED) is 0.806. The number of aliphatic hydroxyl groups is 1. The van der Waals surface area contributed by atoms with Crippen molar-refractivity contribution < 1.29 is 18.3 Å². The maximum absolute atomic E-state index is 12.7. The van der Waals surface area contributed by atoms with E-state index in [1.54, 1.807) is 6.07 Å². The van der Waals surface area contributed by atoms with Crippen molar-refractivity contribution >= 4 is 0 Å². The Morgan fingerprint density at radius 3 is 2.35 bits per heavy atom. The smallest absolute Gasteiger partial charge is 0.392 e. The van der Waals surface area contributed by atoms with Gasteiger partial charge in [-0.3, -0.25) is 0 Å². The second-order valence-electron chi connectivity index (χ2n) is 5.72. The standard InChI is InChI=1S/C16H21F3O/c17-16(18,19)14-9-5-6-12(10-14)11-15(20)13-7-3-1-2-4-8-13/h5-6,9-10,13,15,20H,1-4,7-8,11H2. The van der Waals surface area contributed by atoms with Crippen molar-refractivity contribution in [3.63, 3.8) is 0 Å². The highest BCUT2D eigenvalue weighted by Gasteiger charge is 2.30. The SMILES string of the molecule is OC(Cc1cccc(C(F)(F)F)c1)C1CCCCCC1. The summed E-state index contributed by atoms with van der Waals surface area (Å²) in [5.41, 5.74) is -0.0698. The highest BCUT2D eigenvalue weighted by molar-refractivity contribution is 5.26. The summed E-state index contributed by atoms with van der Waals surface area (Å²) >= 11 is 0. The molecule has 112 valence electrons.